The molecule has 0 aliphatic heterocycles. The highest BCUT2D eigenvalue weighted by molar-refractivity contribution is 5.70. The lowest BCUT2D eigenvalue weighted by Crippen LogP contribution is -2.00. The Labute approximate surface area is 143 Å². The summed E-state index contributed by atoms with van der Waals surface area (Å²) in [4.78, 5) is 17.3. The van der Waals surface area contributed by atoms with Crippen LogP contribution in [0.3, 0.4) is 0 Å². The van der Waals surface area contributed by atoms with Gasteiger partial charge in [0.2, 0.25) is 0 Å². The molecule has 8 heteroatoms. The number of hydrogen-bond acceptors (Lipinski definition) is 7. The molecule has 25 heavy (non-hydrogen) atoms. The molecule has 0 aliphatic carbocycles. The summed E-state index contributed by atoms with van der Waals surface area (Å²) in [7, 11) is 0. The van der Waals surface area contributed by atoms with Gasteiger partial charge in [0, 0.05) is 29.2 Å². The Morgan fingerprint density at radius 2 is 1.80 bits per heavy atom. The number of H-pyrrole nitrogens is 1. The van der Waals surface area contributed by atoms with Crippen LogP contribution in [-0.2, 0) is 0 Å². The van der Waals surface area contributed by atoms with E-state index >= 15 is 0 Å². The first kappa shape index (κ1) is 14.8. The molecule has 4 aromatic rings. The third kappa shape index (κ3) is 2.88. The Balaban J connectivity index is 1.75. The topological polar surface area (TPSA) is 132 Å². The molecule has 0 atom stereocenters. The summed E-state index contributed by atoms with van der Waals surface area (Å²) in [5.74, 6) is 1.21. The molecular formula is C17H14N8. The number of aromatic amines is 1. The van der Waals surface area contributed by atoms with Crippen LogP contribution in [-0.4, -0.2) is 30.1 Å². The summed E-state index contributed by atoms with van der Waals surface area (Å²) >= 11 is 0. The lowest BCUT2D eigenvalue weighted by molar-refractivity contribution is 1.08. The van der Waals surface area contributed by atoms with Crippen molar-refractivity contribution in [1.82, 2.24) is 30.1 Å². The molecule has 3 heterocycles. The number of aromatic nitrogens is 6. The molecule has 0 saturated carbocycles. The molecule has 1 aromatic carbocycles. The molecule has 0 spiro atoms. The first-order chi connectivity index (χ1) is 12.2. The summed E-state index contributed by atoms with van der Waals surface area (Å²) in [6.45, 7) is 0. The summed E-state index contributed by atoms with van der Waals surface area (Å²) in [5.41, 5.74) is 15.2. The highest BCUT2D eigenvalue weighted by Crippen LogP contribution is 2.25. The third-order valence-electron chi connectivity index (χ3n) is 3.61. The van der Waals surface area contributed by atoms with Crippen molar-refractivity contribution >= 4 is 11.5 Å². The molecule has 122 valence electrons. The standard InChI is InChI=1S/C17H14N8/c18-12-5-1-3-10(7-12)16-23-17(25-24-16)14-15(19)21-9-13(22-14)11-4-2-6-20-8-11/h1-9H,18H2,(H2,19,21)(H,23,24,25). The average molecular weight is 330 g/mol. The first-order valence-corrected chi connectivity index (χ1v) is 7.52. The van der Waals surface area contributed by atoms with Gasteiger partial charge in [-0.1, -0.05) is 12.1 Å². The highest BCUT2D eigenvalue weighted by Gasteiger charge is 2.14. The van der Waals surface area contributed by atoms with Gasteiger partial charge in [-0.15, -0.1) is 0 Å². The molecule has 0 radical (unpaired) electrons. The SMILES string of the molecule is Nc1cccc(-c2n[nH]c(-c3nc(-c4cccnc4)cnc3N)n2)c1. The minimum atomic E-state index is 0.267. The zero-order valence-corrected chi connectivity index (χ0v) is 13.1. The van der Waals surface area contributed by atoms with Crippen LogP contribution in [0.25, 0.3) is 34.2 Å². The monoisotopic (exact) mass is 330 g/mol. The van der Waals surface area contributed by atoms with Gasteiger partial charge in [0.25, 0.3) is 0 Å². The van der Waals surface area contributed by atoms with Gasteiger partial charge in [-0.25, -0.2) is 15.0 Å². The van der Waals surface area contributed by atoms with E-state index in [1.807, 2.05) is 24.3 Å². The summed E-state index contributed by atoms with van der Waals surface area (Å²) in [5, 5.41) is 7.08. The maximum atomic E-state index is 5.97. The van der Waals surface area contributed by atoms with Crippen LogP contribution in [0.15, 0.2) is 55.0 Å². The van der Waals surface area contributed by atoms with E-state index in [0.717, 1.165) is 11.1 Å². The fourth-order valence-corrected chi connectivity index (χ4v) is 2.40. The van der Waals surface area contributed by atoms with E-state index in [1.165, 1.54) is 0 Å². The van der Waals surface area contributed by atoms with Crippen molar-refractivity contribution < 1.29 is 0 Å². The minimum absolute atomic E-state index is 0.267. The lowest BCUT2D eigenvalue weighted by atomic mass is 10.2. The van der Waals surface area contributed by atoms with Gasteiger partial charge in [0.1, 0.15) is 5.69 Å². The molecular weight excluding hydrogens is 316 g/mol. The smallest absolute Gasteiger partial charge is 0.181 e. The maximum Gasteiger partial charge on any atom is 0.181 e. The zero-order valence-electron chi connectivity index (χ0n) is 13.1. The average Bonchev–Trinajstić information content (AvgIpc) is 3.13. The summed E-state index contributed by atoms with van der Waals surface area (Å²) in [6, 6.07) is 11.1. The molecule has 0 amide bonds. The predicted octanol–water partition coefficient (Wildman–Crippen LogP) is 2.16. The Bertz CT molecular complexity index is 1030. The van der Waals surface area contributed by atoms with Crippen molar-refractivity contribution in [2.75, 3.05) is 11.5 Å². The van der Waals surface area contributed by atoms with Crippen LogP contribution in [0.5, 0.6) is 0 Å². The van der Waals surface area contributed by atoms with E-state index in [4.69, 9.17) is 11.5 Å². The number of hydrogen-bond donors (Lipinski definition) is 3. The van der Waals surface area contributed by atoms with E-state index in [-0.39, 0.29) is 5.82 Å². The van der Waals surface area contributed by atoms with Gasteiger partial charge in [-0.3, -0.25) is 10.1 Å². The van der Waals surface area contributed by atoms with Crippen molar-refractivity contribution in [3.05, 3.63) is 55.0 Å². The molecule has 8 nitrogen and oxygen atoms in total. The fraction of sp³-hybridized carbons (Fsp3) is 0. The number of anilines is 2. The number of nitrogens with one attached hydrogen (secondary N) is 1. The molecule has 0 unspecified atom stereocenters. The molecule has 4 rings (SSSR count). The number of pyridine rings is 1. The Hall–Kier alpha value is -3.81. The molecule has 0 aliphatic rings. The first-order valence-electron chi connectivity index (χ1n) is 7.52. The van der Waals surface area contributed by atoms with Crippen molar-refractivity contribution in [2.24, 2.45) is 0 Å². The van der Waals surface area contributed by atoms with Gasteiger partial charge in [-0.2, -0.15) is 5.10 Å². The van der Waals surface area contributed by atoms with E-state index in [0.29, 0.717) is 28.7 Å². The normalized spacial score (nSPS) is 10.7. The summed E-state index contributed by atoms with van der Waals surface area (Å²) in [6.07, 6.45) is 5.01. The Morgan fingerprint density at radius 1 is 0.920 bits per heavy atom. The molecule has 3 aromatic heterocycles. The number of benzene rings is 1. The van der Waals surface area contributed by atoms with Gasteiger partial charge in [-0.05, 0) is 24.3 Å². The lowest BCUT2D eigenvalue weighted by Gasteiger charge is -2.04. The maximum absolute atomic E-state index is 5.97. The van der Waals surface area contributed by atoms with Gasteiger partial charge in [0.15, 0.2) is 17.5 Å². The van der Waals surface area contributed by atoms with Crippen LogP contribution in [0.4, 0.5) is 11.5 Å². The largest absolute Gasteiger partial charge is 0.399 e. The van der Waals surface area contributed by atoms with Crippen LogP contribution in [0.1, 0.15) is 0 Å². The second kappa shape index (κ2) is 6.00. The van der Waals surface area contributed by atoms with Gasteiger partial charge >= 0.3 is 0 Å². The number of nitrogen functional groups attached to an aromatic ring is 2. The number of rotatable bonds is 3. The molecule has 5 N–H and O–H groups in total. The van der Waals surface area contributed by atoms with E-state index < -0.39 is 0 Å². The second-order valence-corrected chi connectivity index (χ2v) is 5.36. The van der Waals surface area contributed by atoms with Crippen molar-refractivity contribution in [3.8, 4) is 34.2 Å². The van der Waals surface area contributed by atoms with E-state index in [9.17, 15) is 0 Å². The summed E-state index contributed by atoms with van der Waals surface area (Å²) < 4.78 is 0. The number of nitrogens with zero attached hydrogens (tertiary/aromatic N) is 5. The molecule has 0 fully saturated rings. The van der Waals surface area contributed by atoms with Gasteiger partial charge in [0.05, 0.1) is 11.9 Å². The number of nitrogens with two attached hydrogens (primary N) is 2. The minimum Gasteiger partial charge on any atom is -0.399 e. The second-order valence-electron chi connectivity index (χ2n) is 5.36. The predicted molar refractivity (Wildman–Crippen MR) is 94.9 cm³/mol. The van der Waals surface area contributed by atoms with Crippen molar-refractivity contribution in [2.45, 2.75) is 0 Å². The third-order valence-corrected chi connectivity index (χ3v) is 3.61. The molecule has 0 bridgehead atoms. The Kier molecular flexibility index (Phi) is 3.55. The highest BCUT2D eigenvalue weighted by atomic mass is 15.2. The van der Waals surface area contributed by atoms with Gasteiger partial charge < -0.3 is 11.5 Å². The van der Waals surface area contributed by atoms with Crippen LogP contribution >= 0.6 is 0 Å². The van der Waals surface area contributed by atoms with E-state index in [2.05, 4.69) is 30.1 Å². The van der Waals surface area contributed by atoms with Crippen LogP contribution in [0, 0.1) is 0 Å². The van der Waals surface area contributed by atoms with Crippen molar-refractivity contribution in [1.29, 1.82) is 0 Å². The molecule has 0 saturated heterocycles. The van der Waals surface area contributed by atoms with Crippen molar-refractivity contribution in [3.63, 3.8) is 0 Å². The van der Waals surface area contributed by atoms with Crippen LogP contribution in [0.2, 0.25) is 0 Å². The quantitative estimate of drug-likeness (QED) is 0.490. The zero-order chi connectivity index (χ0) is 17.2. The van der Waals surface area contributed by atoms with Crippen LogP contribution < -0.4 is 11.5 Å². The fourth-order valence-electron chi connectivity index (χ4n) is 2.40. The van der Waals surface area contributed by atoms with E-state index in [1.54, 1.807) is 30.7 Å². The Morgan fingerprint density at radius 3 is 2.60 bits per heavy atom.